The van der Waals surface area contributed by atoms with Gasteiger partial charge in [0.25, 0.3) is 5.56 Å². The van der Waals surface area contributed by atoms with Crippen molar-refractivity contribution in [2.24, 2.45) is 0 Å². The molecule has 2 aromatic carbocycles. The van der Waals surface area contributed by atoms with Crippen LogP contribution in [0.4, 0.5) is 17.6 Å². The number of carboxylic acids is 1. The second-order valence-electron chi connectivity index (χ2n) is 7.14. The molecule has 4 rings (SSSR count). The number of carboxylic acid groups (broad SMARTS) is 1. The monoisotopic (exact) mass is 462 g/mol. The van der Waals surface area contributed by atoms with Gasteiger partial charge >= 0.3 is 17.8 Å². The predicted octanol–water partition coefficient (Wildman–Crippen LogP) is 2.84. The van der Waals surface area contributed by atoms with Gasteiger partial charge in [0.15, 0.2) is 0 Å². The molecule has 0 aliphatic carbocycles. The summed E-state index contributed by atoms with van der Waals surface area (Å²) in [6.45, 7) is -1.27. The van der Waals surface area contributed by atoms with Crippen LogP contribution in [0.2, 0.25) is 0 Å². The standard InChI is InChI=1S/C21H14F4N4O4/c22-15-7-14-16(8-13(15)18-26-5-6-27-18)28(20(33)29(19(14)32)10-17(30)31)9-11-1-3-12(4-2-11)21(23,24)25/h1-8H,9-10H2,(H,26,27)(H,30,31). The highest BCUT2D eigenvalue weighted by Gasteiger charge is 2.30. The van der Waals surface area contributed by atoms with E-state index in [0.29, 0.717) is 4.57 Å². The Kier molecular flexibility index (Phi) is 5.36. The summed E-state index contributed by atoms with van der Waals surface area (Å²) in [6.07, 6.45) is -1.73. The van der Waals surface area contributed by atoms with Gasteiger partial charge in [0.2, 0.25) is 0 Å². The zero-order chi connectivity index (χ0) is 23.9. The Labute approximate surface area is 181 Å². The van der Waals surface area contributed by atoms with E-state index in [-0.39, 0.29) is 34.4 Å². The molecular weight excluding hydrogens is 448 g/mol. The molecule has 0 saturated heterocycles. The maximum atomic E-state index is 14.8. The third kappa shape index (κ3) is 4.14. The minimum Gasteiger partial charge on any atom is -0.480 e. The van der Waals surface area contributed by atoms with Crippen molar-refractivity contribution in [2.45, 2.75) is 19.3 Å². The SMILES string of the molecule is O=C(O)Cn1c(=O)c2cc(F)c(-c3ncc[nH]3)cc2n(Cc2ccc(C(F)(F)F)cc2)c1=O. The van der Waals surface area contributed by atoms with E-state index >= 15 is 0 Å². The first-order valence-corrected chi connectivity index (χ1v) is 9.41. The Hall–Kier alpha value is -4.22. The Morgan fingerprint density at radius 3 is 2.36 bits per heavy atom. The highest BCUT2D eigenvalue weighted by molar-refractivity contribution is 5.83. The fourth-order valence-electron chi connectivity index (χ4n) is 3.44. The van der Waals surface area contributed by atoms with E-state index in [1.54, 1.807) is 0 Å². The third-order valence-corrected chi connectivity index (χ3v) is 4.98. The number of halogens is 4. The molecule has 0 amide bonds. The van der Waals surface area contributed by atoms with Crippen LogP contribution in [0.25, 0.3) is 22.3 Å². The molecule has 0 radical (unpaired) electrons. The van der Waals surface area contributed by atoms with Crippen LogP contribution >= 0.6 is 0 Å². The van der Waals surface area contributed by atoms with Crippen LogP contribution < -0.4 is 11.2 Å². The summed E-state index contributed by atoms with van der Waals surface area (Å²) < 4.78 is 54.8. The van der Waals surface area contributed by atoms with Crippen molar-refractivity contribution in [1.82, 2.24) is 19.1 Å². The summed E-state index contributed by atoms with van der Waals surface area (Å²) in [7, 11) is 0. The number of hydrogen-bond acceptors (Lipinski definition) is 4. The molecule has 33 heavy (non-hydrogen) atoms. The molecule has 2 N–H and O–H groups in total. The zero-order valence-corrected chi connectivity index (χ0v) is 16.6. The van der Waals surface area contributed by atoms with E-state index in [4.69, 9.17) is 5.11 Å². The summed E-state index contributed by atoms with van der Waals surface area (Å²) in [4.78, 5) is 43.6. The van der Waals surface area contributed by atoms with E-state index < -0.39 is 41.3 Å². The Bertz CT molecular complexity index is 1470. The number of carbonyl (C=O) groups is 1. The van der Waals surface area contributed by atoms with Gasteiger partial charge in [0.05, 0.1) is 28.6 Å². The van der Waals surface area contributed by atoms with Gasteiger partial charge in [0.1, 0.15) is 18.2 Å². The van der Waals surface area contributed by atoms with E-state index in [1.165, 1.54) is 18.5 Å². The molecule has 2 aromatic heterocycles. The average Bonchev–Trinajstić information content (AvgIpc) is 3.28. The summed E-state index contributed by atoms with van der Waals surface area (Å²) in [6, 6.07) is 6.07. The number of nitrogens with one attached hydrogen (secondary N) is 1. The van der Waals surface area contributed by atoms with Gasteiger partial charge in [-0.3, -0.25) is 14.2 Å². The predicted molar refractivity (Wildman–Crippen MR) is 108 cm³/mol. The summed E-state index contributed by atoms with van der Waals surface area (Å²) >= 11 is 0. The van der Waals surface area contributed by atoms with Crippen molar-refractivity contribution >= 4 is 16.9 Å². The van der Waals surface area contributed by atoms with Gasteiger partial charge in [-0.15, -0.1) is 0 Å². The number of aromatic nitrogens is 4. The van der Waals surface area contributed by atoms with Crippen LogP contribution in [0.15, 0.2) is 58.4 Å². The molecule has 0 unspecified atom stereocenters. The molecule has 0 spiro atoms. The van der Waals surface area contributed by atoms with E-state index in [1.807, 2.05) is 0 Å². The Morgan fingerprint density at radius 2 is 1.79 bits per heavy atom. The topological polar surface area (TPSA) is 110 Å². The second-order valence-corrected chi connectivity index (χ2v) is 7.14. The van der Waals surface area contributed by atoms with Crippen LogP contribution in [0, 0.1) is 5.82 Å². The lowest BCUT2D eigenvalue weighted by Crippen LogP contribution is -2.42. The first-order valence-electron chi connectivity index (χ1n) is 9.41. The van der Waals surface area contributed by atoms with Crippen LogP contribution in [0.3, 0.4) is 0 Å². The quantitative estimate of drug-likeness (QED) is 0.444. The molecule has 0 atom stereocenters. The molecule has 8 nitrogen and oxygen atoms in total. The Morgan fingerprint density at radius 1 is 1.09 bits per heavy atom. The molecular formula is C21H14F4N4O4. The zero-order valence-electron chi connectivity index (χ0n) is 16.6. The number of rotatable bonds is 5. The van der Waals surface area contributed by atoms with Gasteiger partial charge in [-0.2, -0.15) is 13.2 Å². The molecule has 4 aromatic rings. The van der Waals surface area contributed by atoms with E-state index in [9.17, 15) is 31.9 Å². The van der Waals surface area contributed by atoms with Gasteiger partial charge in [-0.05, 0) is 29.8 Å². The number of aliphatic carboxylic acids is 1. The molecule has 0 aliphatic rings. The van der Waals surface area contributed by atoms with E-state index in [0.717, 1.165) is 34.9 Å². The molecule has 2 heterocycles. The largest absolute Gasteiger partial charge is 0.480 e. The molecule has 0 bridgehead atoms. The second kappa shape index (κ2) is 8.04. The minimum atomic E-state index is -4.55. The number of hydrogen-bond donors (Lipinski definition) is 2. The van der Waals surface area contributed by atoms with E-state index in [2.05, 4.69) is 9.97 Å². The molecule has 0 fully saturated rings. The number of benzene rings is 2. The van der Waals surface area contributed by atoms with Crippen molar-refractivity contribution in [3.63, 3.8) is 0 Å². The number of imidazole rings is 1. The van der Waals surface area contributed by atoms with Gasteiger partial charge < -0.3 is 10.1 Å². The van der Waals surface area contributed by atoms with Gasteiger partial charge in [-0.25, -0.2) is 18.7 Å². The van der Waals surface area contributed by atoms with Gasteiger partial charge in [0, 0.05) is 12.4 Å². The molecule has 0 saturated carbocycles. The first kappa shape index (κ1) is 22.0. The first-order chi connectivity index (χ1) is 15.6. The number of H-pyrrole nitrogens is 1. The highest BCUT2D eigenvalue weighted by atomic mass is 19.4. The highest BCUT2D eigenvalue weighted by Crippen LogP contribution is 2.29. The van der Waals surface area contributed by atoms with Crippen molar-refractivity contribution < 1.29 is 27.5 Å². The Balaban J connectivity index is 1.95. The lowest BCUT2D eigenvalue weighted by atomic mass is 10.1. The van der Waals surface area contributed by atoms with Crippen molar-refractivity contribution in [3.8, 4) is 11.4 Å². The van der Waals surface area contributed by atoms with Crippen molar-refractivity contribution in [2.75, 3.05) is 0 Å². The minimum absolute atomic E-state index is 0.0284. The lowest BCUT2D eigenvalue weighted by molar-refractivity contribution is -0.138. The number of nitrogens with zero attached hydrogens (tertiary/aromatic N) is 3. The van der Waals surface area contributed by atoms with Crippen LogP contribution in [-0.2, 0) is 24.1 Å². The number of aromatic amines is 1. The maximum absolute atomic E-state index is 14.8. The average molecular weight is 462 g/mol. The smallest absolute Gasteiger partial charge is 0.416 e. The van der Waals surface area contributed by atoms with Crippen molar-refractivity contribution in [1.29, 1.82) is 0 Å². The molecule has 12 heteroatoms. The van der Waals surface area contributed by atoms with Gasteiger partial charge in [-0.1, -0.05) is 12.1 Å². The van der Waals surface area contributed by atoms with Crippen LogP contribution in [0.5, 0.6) is 0 Å². The summed E-state index contributed by atoms with van der Waals surface area (Å²) in [5, 5.41) is 8.83. The lowest BCUT2D eigenvalue weighted by Gasteiger charge is -2.15. The van der Waals surface area contributed by atoms with Crippen LogP contribution in [0.1, 0.15) is 11.1 Å². The molecule has 0 aliphatic heterocycles. The number of fused-ring (bicyclic) bond motifs is 1. The normalized spacial score (nSPS) is 11.8. The van der Waals surface area contributed by atoms with Crippen LogP contribution in [-0.4, -0.2) is 30.2 Å². The summed E-state index contributed by atoms with van der Waals surface area (Å²) in [5.74, 6) is -2.18. The third-order valence-electron chi connectivity index (χ3n) is 4.98. The summed E-state index contributed by atoms with van der Waals surface area (Å²) in [5.41, 5.74) is -2.71. The molecule has 170 valence electrons. The fraction of sp³-hybridized carbons (Fsp3) is 0.143. The maximum Gasteiger partial charge on any atom is 0.416 e. The fourth-order valence-corrected chi connectivity index (χ4v) is 3.44. The van der Waals surface area contributed by atoms with Crippen molar-refractivity contribution in [3.05, 3.63) is 86.6 Å². The number of alkyl halides is 3.